The summed E-state index contributed by atoms with van der Waals surface area (Å²) in [5.74, 6) is -0.194. The van der Waals surface area contributed by atoms with Crippen LogP contribution in [0.1, 0.15) is 18.2 Å². The minimum atomic E-state index is -1.19. The van der Waals surface area contributed by atoms with E-state index in [1.54, 1.807) is 36.6 Å². The molecule has 1 amide bonds. The minimum Gasteiger partial charge on any atom is -0.465 e. The minimum absolute atomic E-state index is 0.00103. The highest BCUT2D eigenvalue weighted by Gasteiger charge is 2.16. The fourth-order valence-corrected chi connectivity index (χ4v) is 2.48. The molecule has 0 unspecified atom stereocenters. The van der Waals surface area contributed by atoms with Gasteiger partial charge in [0.1, 0.15) is 0 Å². The average molecular weight is 363 g/mol. The van der Waals surface area contributed by atoms with E-state index in [1.165, 1.54) is 0 Å². The summed E-state index contributed by atoms with van der Waals surface area (Å²) in [5.41, 5.74) is 1.28. The van der Waals surface area contributed by atoms with Crippen molar-refractivity contribution in [2.75, 3.05) is 11.9 Å². The lowest BCUT2D eigenvalue weighted by atomic mass is 10.1. The van der Waals surface area contributed by atoms with Crippen molar-refractivity contribution in [1.82, 2.24) is 10.0 Å². The third-order valence-electron chi connectivity index (χ3n) is 2.96. The lowest BCUT2D eigenvalue weighted by molar-refractivity contribution is -0.00791. The van der Waals surface area contributed by atoms with Crippen LogP contribution in [0.25, 0.3) is 0 Å². The Morgan fingerprint density at radius 2 is 2.16 bits per heavy atom. The Morgan fingerprint density at radius 3 is 2.80 bits per heavy atom. The maximum atomic E-state index is 10.6. The number of amidine groups is 1. The number of rotatable bonds is 7. The third kappa shape index (κ3) is 5.26. The summed E-state index contributed by atoms with van der Waals surface area (Å²) in [4.78, 5) is 19.8. The van der Waals surface area contributed by atoms with Gasteiger partial charge in [0.15, 0.2) is 23.3 Å². The number of nitrogens with zero attached hydrogens (tertiary/aromatic N) is 3. The maximum Gasteiger partial charge on any atom is 0.410 e. The van der Waals surface area contributed by atoms with E-state index in [9.17, 15) is 10.0 Å². The molecular formula is C15H17N5O4S. The number of benzene rings is 1. The van der Waals surface area contributed by atoms with E-state index in [4.69, 9.17) is 15.4 Å². The van der Waals surface area contributed by atoms with Crippen molar-refractivity contribution >= 4 is 34.1 Å². The van der Waals surface area contributed by atoms with Gasteiger partial charge in [0.25, 0.3) is 0 Å². The Balaban J connectivity index is 2.11. The molecule has 0 aliphatic rings. The zero-order valence-corrected chi connectivity index (χ0v) is 14.2. The molecule has 1 aromatic heterocycles. The number of anilines is 1. The van der Waals surface area contributed by atoms with E-state index in [-0.39, 0.29) is 29.8 Å². The topological polar surface area (TPSA) is 131 Å². The van der Waals surface area contributed by atoms with Crippen LogP contribution in [-0.4, -0.2) is 44.5 Å². The molecule has 0 radical (unpaired) electrons. The molecule has 9 nitrogen and oxygen atoms in total. The lowest BCUT2D eigenvalue weighted by Crippen LogP contribution is -2.33. The van der Waals surface area contributed by atoms with Crippen LogP contribution in [0.5, 0.6) is 0 Å². The van der Waals surface area contributed by atoms with Crippen molar-refractivity contribution in [3.05, 3.63) is 47.0 Å². The van der Waals surface area contributed by atoms with E-state index in [0.717, 1.165) is 16.4 Å². The predicted molar refractivity (Wildman–Crippen MR) is 93.4 cm³/mol. The number of hydrogen-bond acceptors (Lipinski definition) is 7. The van der Waals surface area contributed by atoms with E-state index in [0.29, 0.717) is 11.3 Å². The zero-order valence-electron chi connectivity index (χ0n) is 13.3. The molecule has 25 heavy (non-hydrogen) atoms. The van der Waals surface area contributed by atoms with Crippen molar-refractivity contribution in [3.8, 4) is 0 Å². The molecule has 0 aliphatic heterocycles. The van der Waals surface area contributed by atoms with Gasteiger partial charge in [0.2, 0.25) is 0 Å². The summed E-state index contributed by atoms with van der Waals surface area (Å²) >= 11 is 1.13. The first-order valence-electron chi connectivity index (χ1n) is 7.26. The van der Waals surface area contributed by atoms with Crippen LogP contribution in [0.3, 0.4) is 0 Å². The molecule has 0 fully saturated rings. The van der Waals surface area contributed by atoms with Gasteiger partial charge < -0.3 is 9.94 Å². The smallest absolute Gasteiger partial charge is 0.410 e. The predicted octanol–water partition coefficient (Wildman–Crippen LogP) is 2.84. The second kappa shape index (κ2) is 8.76. The van der Waals surface area contributed by atoms with Gasteiger partial charge in [-0.3, -0.25) is 15.9 Å². The second-order valence-corrected chi connectivity index (χ2v) is 5.58. The van der Waals surface area contributed by atoms with Gasteiger partial charge in [-0.2, -0.15) is 0 Å². The molecule has 0 spiro atoms. The van der Waals surface area contributed by atoms with Crippen molar-refractivity contribution in [1.29, 1.82) is 5.41 Å². The first kappa shape index (κ1) is 18.4. The number of amides is 1. The molecule has 1 aromatic carbocycles. The Kier molecular flexibility index (Phi) is 6.43. The van der Waals surface area contributed by atoms with Crippen LogP contribution in [-0.2, 0) is 11.4 Å². The maximum absolute atomic E-state index is 10.6. The molecule has 1 heterocycles. The highest BCUT2D eigenvalue weighted by atomic mass is 32.1. The number of nitrogens with one attached hydrogen (secondary N) is 2. The number of hydroxylamine groups is 2. The molecule has 0 aliphatic carbocycles. The molecule has 0 bridgehead atoms. The van der Waals surface area contributed by atoms with Crippen molar-refractivity contribution in [2.24, 2.45) is 5.16 Å². The van der Waals surface area contributed by atoms with Crippen molar-refractivity contribution < 1.29 is 19.9 Å². The third-order valence-corrected chi connectivity index (χ3v) is 3.77. The lowest BCUT2D eigenvalue weighted by Gasteiger charge is -2.16. The van der Waals surface area contributed by atoms with Gasteiger partial charge in [-0.25, -0.2) is 14.8 Å². The SMILES string of the molecule is CCN(O)C(=N)/C(=N\OCc1csc(NC(=O)O)n1)c1ccccc1. The van der Waals surface area contributed by atoms with Crippen LogP contribution >= 0.6 is 11.3 Å². The number of oxime groups is 1. The van der Waals surface area contributed by atoms with Crippen LogP contribution in [0.4, 0.5) is 9.93 Å². The molecule has 4 N–H and O–H groups in total. The van der Waals surface area contributed by atoms with Gasteiger partial charge >= 0.3 is 6.09 Å². The number of likely N-dealkylation sites (N-methyl/N-ethyl adjacent to an activating group) is 1. The Hall–Kier alpha value is -2.98. The van der Waals surface area contributed by atoms with E-state index >= 15 is 0 Å². The van der Waals surface area contributed by atoms with Gasteiger partial charge in [-0.05, 0) is 6.92 Å². The number of carbonyl (C=O) groups is 1. The number of aromatic nitrogens is 1. The van der Waals surface area contributed by atoms with Gasteiger partial charge in [0.05, 0.1) is 5.69 Å². The summed E-state index contributed by atoms with van der Waals surface area (Å²) < 4.78 is 0. The van der Waals surface area contributed by atoms with Crippen molar-refractivity contribution in [2.45, 2.75) is 13.5 Å². The van der Waals surface area contributed by atoms with E-state index in [2.05, 4.69) is 15.5 Å². The summed E-state index contributed by atoms with van der Waals surface area (Å²) in [7, 11) is 0. The molecule has 0 saturated carbocycles. The Morgan fingerprint density at radius 1 is 1.44 bits per heavy atom. The van der Waals surface area contributed by atoms with Crippen LogP contribution in [0, 0.1) is 5.41 Å². The zero-order chi connectivity index (χ0) is 18.2. The fraction of sp³-hybridized carbons (Fsp3) is 0.200. The van der Waals surface area contributed by atoms with E-state index in [1.807, 2.05) is 6.07 Å². The summed E-state index contributed by atoms with van der Waals surface area (Å²) in [6, 6.07) is 8.90. The largest absolute Gasteiger partial charge is 0.465 e. The number of thiazole rings is 1. The van der Waals surface area contributed by atoms with Crippen LogP contribution in [0.2, 0.25) is 0 Å². The normalized spacial score (nSPS) is 11.0. The quantitative estimate of drug-likeness (QED) is 0.340. The Labute approximate surface area is 147 Å². The first-order valence-corrected chi connectivity index (χ1v) is 8.14. The van der Waals surface area contributed by atoms with E-state index < -0.39 is 6.09 Å². The summed E-state index contributed by atoms with van der Waals surface area (Å²) in [6.07, 6.45) is -1.19. The number of carboxylic acid groups (broad SMARTS) is 1. The van der Waals surface area contributed by atoms with Gasteiger partial charge in [-0.1, -0.05) is 35.5 Å². The molecule has 10 heteroatoms. The van der Waals surface area contributed by atoms with Gasteiger partial charge in [0, 0.05) is 17.5 Å². The molecule has 2 aromatic rings. The first-order chi connectivity index (χ1) is 12.0. The standard InChI is InChI=1S/C15H17N5O4S/c1-2-20(23)13(16)12(10-6-4-3-5-7-10)19-24-8-11-9-25-14(17-11)18-15(21)22/h3-7,9,16,23H,2,8H2,1H3,(H,17,18)(H,21,22)/b16-13?,19-12-. The average Bonchev–Trinajstić information content (AvgIpc) is 3.04. The van der Waals surface area contributed by atoms with Crippen LogP contribution in [0.15, 0.2) is 40.9 Å². The monoisotopic (exact) mass is 363 g/mol. The molecular weight excluding hydrogens is 346 g/mol. The fourth-order valence-electron chi connectivity index (χ4n) is 1.79. The second-order valence-electron chi connectivity index (χ2n) is 4.72. The molecule has 0 saturated heterocycles. The number of hydrogen-bond donors (Lipinski definition) is 4. The molecule has 2 rings (SSSR count). The summed E-state index contributed by atoms with van der Waals surface area (Å²) in [6.45, 7) is 1.92. The highest BCUT2D eigenvalue weighted by molar-refractivity contribution is 7.13. The van der Waals surface area contributed by atoms with Crippen LogP contribution < -0.4 is 5.32 Å². The Bertz CT molecular complexity index is 762. The highest BCUT2D eigenvalue weighted by Crippen LogP contribution is 2.16. The molecule has 0 atom stereocenters. The van der Waals surface area contributed by atoms with Crippen molar-refractivity contribution in [3.63, 3.8) is 0 Å². The molecule has 132 valence electrons. The van der Waals surface area contributed by atoms with Gasteiger partial charge in [-0.15, -0.1) is 11.3 Å². The summed E-state index contributed by atoms with van der Waals surface area (Å²) in [5, 5.41) is 35.2.